The standard InChI is InChI=1S/C15H19ClO4/c1-3-20-12-9-13(19-2)11(16)8-10(12)15(14(17)18)6-4-5-7-15/h8-9H,3-7H2,1-2H3,(H,17,18). The number of carbonyl (C=O) groups is 1. The number of hydrogen-bond acceptors (Lipinski definition) is 3. The van der Waals surface area contributed by atoms with Crippen LogP contribution in [0, 0.1) is 0 Å². The number of methoxy groups -OCH3 is 1. The van der Waals surface area contributed by atoms with Crippen LogP contribution in [0.4, 0.5) is 0 Å². The van der Waals surface area contributed by atoms with E-state index < -0.39 is 11.4 Å². The SMILES string of the molecule is CCOc1cc(OC)c(Cl)cc1C1(C(=O)O)CCCC1. The van der Waals surface area contributed by atoms with Crippen molar-refractivity contribution in [2.75, 3.05) is 13.7 Å². The summed E-state index contributed by atoms with van der Waals surface area (Å²) in [6.45, 7) is 2.33. The molecule has 0 radical (unpaired) electrons. The zero-order valence-electron chi connectivity index (χ0n) is 11.7. The molecule has 0 unspecified atom stereocenters. The first-order chi connectivity index (χ1) is 9.55. The number of carboxylic acids is 1. The molecule has 0 atom stereocenters. The minimum Gasteiger partial charge on any atom is -0.495 e. The van der Waals surface area contributed by atoms with Gasteiger partial charge in [-0.25, -0.2) is 0 Å². The maximum absolute atomic E-state index is 11.8. The Kier molecular flexibility index (Phi) is 4.43. The van der Waals surface area contributed by atoms with Gasteiger partial charge in [-0.2, -0.15) is 0 Å². The third-order valence-corrected chi connectivity index (χ3v) is 4.23. The van der Waals surface area contributed by atoms with Crippen molar-refractivity contribution >= 4 is 17.6 Å². The van der Waals surface area contributed by atoms with E-state index in [1.54, 1.807) is 12.1 Å². The van der Waals surface area contributed by atoms with Crippen LogP contribution < -0.4 is 9.47 Å². The normalized spacial score (nSPS) is 16.9. The largest absolute Gasteiger partial charge is 0.495 e. The maximum Gasteiger partial charge on any atom is 0.314 e. The Morgan fingerprint density at radius 2 is 2.00 bits per heavy atom. The van der Waals surface area contributed by atoms with Gasteiger partial charge in [-0.1, -0.05) is 24.4 Å². The van der Waals surface area contributed by atoms with Gasteiger partial charge in [-0.15, -0.1) is 0 Å². The summed E-state index contributed by atoms with van der Waals surface area (Å²) in [7, 11) is 1.53. The average molecular weight is 299 g/mol. The van der Waals surface area contributed by atoms with Crippen molar-refractivity contribution in [3.8, 4) is 11.5 Å². The van der Waals surface area contributed by atoms with Crippen LogP contribution in [-0.4, -0.2) is 24.8 Å². The maximum atomic E-state index is 11.8. The molecular weight excluding hydrogens is 280 g/mol. The molecule has 0 heterocycles. The molecule has 5 heteroatoms. The summed E-state index contributed by atoms with van der Waals surface area (Å²) >= 11 is 6.17. The second-order valence-corrected chi connectivity index (χ2v) is 5.42. The van der Waals surface area contributed by atoms with Gasteiger partial charge in [0.1, 0.15) is 11.5 Å². The first kappa shape index (κ1) is 15.0. The Morgan fingerprint density at radius 3 is 2.50 bits per heavy atom. The quantitative estimate of drug-likeness (QED) is 0.901. The van der Waals surface area contributed by atoms with Gasteiger partial charge in [0.15, 0.2) is 0 Å². The molecule has 20 heavy (non-hydrogen) atoms. The zero-order chi connectivity index (χ0) is 14.8. The molecule has 0 spiro atoms. The summed E-state index contributed by atoms with van der Waals surface area (Å²) in [6, 6.07) is 3.37. The molecule has 1 aromatic rings. The Morgan fingerprint density at radius 1 is 1.35 bits per heavy atom. The van der Waals surface area contributed by atoms with Crippen LogP contribution in [-0.2, 0) is 10.2 Å². The van der Waals surface area contributed by atoms with Crippen LogP contribution in [0.25, 0.3) is 0 Å². The Hall–Kier alpha value is -1.42. The van der Waals surface area contributed by atoms with Gasteiger partial charge in [0, 0.05) is 11.6 Å². The third kappa shape index (κ3) is 2.44. The summed E-state index contributed by atoms with van der Waals surface area (Å²) in [4.78, 5) is 11.8. The fourth-order valence-electron chi connectivity index (χ4n) is 2.92. The summed E-state index contributed by atoms with van der Waals surface area (Å²) < 4.78 is 10.8. The number of ether oxygens (including phenoxy) is 2. The molecule has 0 bridgehead atoms. The number of halogens is 1. The van der Waals surface area contributed by atoms with Gasteiger partial charge in [-0.3, -0.25) is 4.79 Å². The number of carboxylic acid groups (broad SMARTS) is 1. The molecule has 0 aliphatic heterocycles. The van der Waals surface area contributed by atoms with E-state index in [1.807, 2.05) is 6.92 Å². The molecule has 1 aliphatic carbocycles. The van der Waals surface area contributed by atoms with Gasteiger partial charge >= 0.3 is 5.97 Å². The van der Waals surface area contributed by atoms with Crippen LogP contribution in [0.5, 0.6) is 11.5 Å². The van der Waals surface area contributed by atoms with Crippen molar-refractivity contribution in [3.05, 3.63) is 22.7 Å². The first-order valence-corrected chi connectivity index (χ1v) is 7.17. The molecule has 0 aromatic heterocycles. The van der Waals surface area contributed by atoms with Crippen molar-refractivity contribution in [2.45, 2.75) is 38.0 Å². The van der Waals surface area contributed by atoms with E-state index in [1.165, 1.54) is 7.11 Å². The Labute approximate surface area is 123 Å². The summed E-state index contributed by atoms with van der Waals surface area (Å²) in [6.07, 6.45) is 3.04. The lowest BCUT2D eigenvalue weighted by Gasteiger charge is -2.27. The number of hydrogen-bond donors (Lipinski definition) is 1. The zero-order valence-corrected chi connectivity index (χ0v) is 12.5. The fraction of sp³-hybridized carbons (Fsp3) is 0.533. The molecule has 4 nitrogen and oxygen atoms in total. The van der Waals surface area contributed by atoms with E-state index in [0.29, 0.717) is 41.5 Å². The second kappa shape index (κ2) is 5.92. The molecular formula is C15H19ClO4. The lowest BCUT2D eigenvalue weighted by molar-refractivity contribution is -0.143. The van der Waals surface area contributed by atoms with Crippen molar-refractivity contribution in [1.29, 1.82) is 0 Å². The predicted molar refractivity (Wildman–Crippen MR) is 77.0 cm³/mol. The topological polar surface area (TPSA) is 55.8 Å². The van der Waals surface area contributed by atoms with E-state index in [9.17, 15) is 9.90 Å². The van der Waals surface area contributed by atoms with Gasteiger partial charge in [0.2, 0.25) is 0 Å². The van der Waals surface area contributed by atoms with E-state index in [0.717, 1.165) is 12.8 Å². The highest BCUT2D eigenvalue weighted by atomic mass is 35.5. The number of aliphatic carboxylic acids is 1. The highest BCUT2D eigenvalue weighted by molar-refractivity contribution is 6.32. The summed E-state index contributed by atoms with van der Waals surface area (Å²) in [5.74, 6) is 0.243. The molecule has 2 rings (SSSR count). The van der Waals surface area contributed by atoms with Gasteiger partial charge in [0.25, 0.3) is 0 Å². The van der Waals surface area contributed by atoms with Crippen molar-refractivity contribution < 1.29 is 19.4 Å². The fourth-order valence-corrected chi connectivity index (χ4v) is 3.16. The van der Waals surface area contributed by atoms with E-state index >= 15 is 0 Å². The molecule has 0 saturated heterocycles. The number of benzene rings is 1. The van der Waals surface area contributed by atoms with Crippen LogP contribution in [0.1, 0.15) is 38.2 Å². The van der Waals surface area contributed by atoms with Crippen LogP contribution in [0.15, 0.2) is 12.1 Å². The molecule has 1 N–H and O–H groups in total. The molecule has 1 fully saturated rings. The van der Waals surface area contributed by atoms with Crippen LogP contribution >= 0.6 is 11.6 Å². The minimum absolute atomic E-state index is 0.415. The van der Waals surface area contributed by atoms with Gasteiger partial charge in [0.05, 0.1) is 24.2 Å². The monoisotopic (exact) mass is 298 g/mol. The molecule has 110 valence electrons. The van der Waals surface area contributed by atoms with E-state index in [-0.39, 0.29) is 0 Å². The smallest absolute Gasteiger partial charge is 0.314 e. The van der Waals surface area contributed by atoms with Crippen molar-refractivity contribution in [3.63, 3.8) is 0 Å². The molecule has 0 amide bonds. The highest BCUT2D eigenvalue weighted by Crippen LogP contribution is 2.47. The molecule has 1 aliphatic rings. The highest BCUT2D eigenvalue weighted by Gasteiger charge is 2.45. The lowest BCUT2D eigenvalue weighted by Crippen LogP contribution is -2.33. The minimum atomic E-state index is -0.888. The van der Waals surface area contributed by atoms with E-state index in [4.69, 9.17) is 21.1 Å². The second-order valence-electron chi connectivity index (χ2n) is 5.01. The number of rotatable bonds is 5. The van der Waals surface area contributed by atoms with E-state index in [2.05, 4.69) is 0 Å². The van der Waals surface area contributed by atoms with Gasteiger partial charge in [-0.05, 0) is 25.8 Å². The van der Waals surface area contributed by atoms with Crippen LogP contribution in [0.3, 0.4) is 0 Å². The van der Waals surface area contributed by atoms with Crippen molar-refractivity contribution in [2.24, 2.45) is 0 Å². The van der Waals surface area contributed by atoms with Crippen molar-refractivity contribution in [1.82, 2.24) is 0 Å². The Balaban J connectivity index is 2.58. The lowest BCUT2D eigenvalue weighted by atomic mass is 9.78. The van der Waals surface area contributed by atoms with Crippen LogP contribution in [0.2, 0.25) is 5.02 Å². The summed E-state index contributed by atoms with van der Waals surface area (Å²) in [5.41, 5.74) is -0.226. The third-order valence-electron chi connectivity index (χ3n) is 3.94. The van der Waals surface area contributed by atoms with Gasteiger partial charge < -0.3 is 14.6 Å². The predicted octanol–water partition coefficient (Wildman–Crippen LogP) is 3.64. The molecule has 1 saturated carbocycles. The summed E-state index contributed by atoms with van der Waals surface area (Å²) in [5, 5.41) is 10.1. The Bertz CT molecular complexity index is 507. The first-order valence-electron chi connectivity index (χ1n) is 6.79. The molecule has 1 aromatic carbocycles. The average Bonchev–Trinajstić information content (AvgIpc) is 2.91.